The number of hydrogen-bond acceptors (Lipinski definition) is 6. The lowest BCUT2D eigenvalue weighted by molar-refractivity contribution is -0.201. The lowest BCUT2D eigenvalue weighted by atomic mass is 9.94. The van der Waals surface area contributed by atoms with E-state index in [1.54, 1.807) is 44.3 Å². The topological polar surface area (TPSA) is 110 Å². The Bertz CT molecular complexity index is 1300. The fourth-order valence-corrected chi connectivity index (χ4v) is 5.54. The predicted octanol–water partition coefficient (Wildman–Crippen LogP) is 4.31. The molecule has 5 rings (SSSR count). The normalized spacial score (nSPS) is 27.1. The summed E-state index contributed by atoms with van der Waals surface area (Å²) in [5, 5.41) is 3.15. The van der Waals surface area contributed by atoms with Crippen LogP contribution in [0.5, 0.6) is 5.75 Å². The van der Waals surface area contributed by atoms with Crippen molar-refractivity contribution in [3.8, 4) is 5.75 Å². The van der Waals surface area contributed by atoms with Gasteiger partial charge < -0.3 is 15.8 Å². The van der Waals surface area contributed by atoms with E-state index in [9.17, 15) is 22.8 Å². The van der Waals surface area contributed by atoms with Crippen LogP contribution in [-0.2, 0) is 9.59 Å². The fraction of sp³-hybridized carbons (Fsp3) is 0.462. The molecule has 3 aliphatic rings. The van der Waals surface area contributed by atoms with E-state index in [1.165, 1.54) is 17.2 Å². The maximum Gasteiger partial charge on any atom is 0.425 e. The smallest absolute Gasteiger partial charge is 0.425 e. The largest absolute Gasteiger partial charge is 0.480 e. The van der Waals surface area contributed by atoms with Crippen LogP contribution in [0.4, 0.5) is 13.2 Å². The van der Waals surface area contributed by atoms with Gasteiger partial charge in [-0.25, -0.2) is 4.99 Å². The molecule has 3 heterocycles. The standard InChI is InChI=1S/C26H27ClF3N5O3/c1-25(2)10-21(36)35(24(31)34-25)22(13-7-14(27)12-32-11-13)16-8-17(16)23(37)33-18-9-20(26(28,29)30)38-19-6-4-3-5-15(18)19/h3-7,11-12,16-18,20,22H,8-10H2,1-2H3,(H2,31,34)(H,33,37)/t16-,17-,18-,20+,22+/m0/s1. The van der Waals surface area contributed by atoms with Gasteiger partial charge in [0.2, 0.25) is 11.8 Å². The van der Waals surface area contributed by atoms with Crippen molar-refractivity contribution in [1.29, 1.82) is 0 Å². The molecular formula is C26H27ClF3N5O3. The first kappa shape index (κ1) is 26.3. The zero-order chi connectivity index (χ0) is 27.4. The van der Waals surface area contributed by atoms with Crippen molar-refractivity contribution in [2.24, 2.45) is 22.6 Å². The summed E-state index contributed by atoms with van der Waals surface area (Å²) in [6.07, 6.45) is -3.51. The second-order valence-electron chi connectivity index (χ2n) is 10.6. The highest BCUT2D eigenvalue weighted by Gasteiger charge is 2.54. The van der Waals surface area contributed by atoms with Crippen molar-refractivity contribution < 1.29 is 27.5 Å². The van der Waals surface area contributed by atoms with E-state index in [0.717, 1.165) is 0 Å². The fourth-order valence-electron chi connectivity index (χ4n) is 5.36. The molecule has 1 aliphatic carbocycles. The van der Waals surface area contributed by atoms with E-state index >= 15 is 0 Å². The summed E-state index contributed by atoms with van der Waals surface area (Å²) in [5.41, 5.74) is 6.66. The number of guanidine groups is 1. The summed E-state index contributed by atoms with van der Waals surface area (Å²) in [7, 11) is 0. The van der Waals surface area contributed by atoms with Gasteiger partial charge in [-0.05, 0) is 43.9 Å². The third kappa shape index (κ3) is 5.16. The van der Waals surface area contributed by atoms with Crippen LogP contribution in [0.2, 0.25) is 5.02 Å². The Morgan fingerprint density at radius 2 is 2.00 bits per heavy atom. The zero-order valence-electron chi connectivity index (χ0n) is 20.7. The molecule has 3 N–H and O–H groups in total. The maximum absolute atomic E-state index is 13.5. The van der Waals surface area contributed by atoms with Gasteiger partial charge in [-0.15, -0.1) is 0 Å². The van der Waals surface area contributed by atoms with Gasteiger partial charge in [0.1, 0.15) is 5.75 Å². The molecule has 0 spiro atoms. The highest BCUT2D eigenvalue weighted by molar-refractivity contribution is 6.30. The number of aliphatic imine (C=N–C) groups is 1. The molecule has 0 unspecified atom stereocenters. The number of benzene rings is 1. The minimum Gasteiger partial charge on any atom is -0.480 e. The summed E-state index contributed by atoms with van der Waals surface area (Å²) in [6, 6.07) is 6.49. The Labute approximate surface area is 222 Å². The number of ether oxygens (including phenoxy) is 1. The summed E-state index contributed by atoms with van der Waals surface area (Å²) >= 11 is 6.19. The molecule has 0 radical (unpaired) electrons. The van der Waals surface area contributed by atoms with Gasteiger partial charge in [-0.3, -0.25) is 19.5 Å². The number of alkyl halides is 3. The van der Waals surface area contributed by atoms with Crippen molar-refractivity contribution in [1.82, 2.24) is 15.2 Å². The highest BCUT2D eigenvalue weighted by atomic mass is 35.5. The number of amides is 2. The number of carbonyl (C=O) groups is 2. The van der Waals surface area contributed by atoms with Gasteiger partial charge in [0.15, 0.2) is 12.1 Å². The van der Waals surface area contributed by atoms with E-state index in [2.05, 4.69) is 15.3 Å². The van der Waals surface area contributed by atoms with Crippen molar-refractivity contribution in [2.75, 3.05) is 0 Å². The Kier molecular flexibility index (Phi) is 6.53. The number of hydrogen-bond donors (Lipinski definition) is 2. The highest BCUT2D eigenvalue weighted by Crippen LogP contribution is 2.52. The molecular weight excluding hydrogens is 523 g/mol. The van der Waals surface area contributed by atoms with Crippen LogP contribution in [-0.4, -0.2) is 45.5 Å². The average molecular weight is 550 g/mol. The molecule has 202 valence electrons. The van der Waals surface area contributed by atoms with Crippen molar-refractivity contribution in [2.45, 2.75) is 63.0 Å². The first-order valence-corrected chi connectivity index (χ1v) is 12.6. The number of rotatable bonds is 5. The molecule has 5 atom stereocenters. The van der Waals surface area contributed by atoms with Gasteiger partial charge in [-0.1, -0.05) is 29.8 Å². The van der Waals surface area contributed by atoms with Gasteiger partial charge >= 0.3 is 6.18 Å². The molecule has 0 bridgehead atoms. The molecule has 0 saturated heterocycles. The maximum atomic E-state index is 13.5. The molecule has 2 amide bonds. The molecule has 1 aromatic heterocycles. The molecule has 8 nitrogen and oxygen atoms in total. The van der Waals surface area contributed by atoms with E-state index in [4.69, 9.17) is 22.1 Å². The molecule has 1 aromatic carbocycles. The second-order valence-corrected chi connectivity index (χ2v) is 11.0. The van der Waals surface area contributed by atoms with Crippen LogP contribution in [0.25, 0.3) is 0 Å². The Hall–Kier alpha value is -3.34. The van der Waals surface area contributed by atoms with E-state index in [0.29, 0.717) is 22.6 Å². The van der Waals surface area contributed by atoms with Gasteiger partial charge in [-0.2, -0.15) is 13.2 Å². The SMILES string of the molecule is CC1(C)CC(=O)N([C@H](c2cncc(Cl)c2)[C@H]2C[C@@H]2C(=O)N[C@H]2C[C@H](C(F)(F)F)Oc3ccccc32)C(N)=N1. The van der Waals surface area contributed by atoms with Crippen LogP contribution < -0.4 is 15.8 Å². The number of nitrogens with zero attached hydrogens (tertiary/aromatic N) is 3. The lowest BCUT2D eigenvalue weighted by Gasteiger charge is -2.38. The lowest BCUT2D eigenvalue weighted by Crippen LogP contribution is -2.52. The number of pyridine rings is 1. The van der Waals surface area contributed by atoms with E-state index in [1.807, 2.05) is 0 Å². The third-order valence-electron chi connectivity index (χ3n) is 7.14. The minimum absolute atomic E-state index is 0.0358. The van der Waals surface area contributed by atoms with E-state index < -0.39 is 48.1 Å². The van der Waals surface area contributed by atoms with Crippen LogP contribution in [0, 0.1) is 11.8 Å². The third-order valence-corrected chi connectivity index (χ3v) is 7.35. The first-order valence-electron chi connectivity index (χ1n) is 12.2. The van der Waals surface area contributed by atoms with Crippen LogP contribution >= 0.6 is 11.6 Å². The second kappa shape index (κ2) is 9.44. The van der Waals surface area contributed by atoms with E-state index in [-0.39, 0.29) is 30.0 Å². The van der Waals surface area contributed by atoms with Gasteiger partial charge in [0.25, 0.3) is 0 Å². The number of aromatic nitrogens is 1. The number of para-hydroxylation sites is 1. The first-order chi connectivity index (χ1) is 17.8. The summed E-state index contributed by atoms with van der Waals surface area (Å²) in [6.45, 7) is 3.61. The monoisotopic (exact) mass is 549 g/mol. The van der Waals surface area contributed by atoms with Crippen molar-refractivity contribution >= 4 is 29.4 Å². The van der Waals surface area contributed by atoms with Crippen molar-refractivity contribution in [3.05, 3.63) is 58.9 Å². The van der Waals surface area contributed by atoms with Gasteiger partial charge in [0, 0.05) is 30.3 Å². The van der Waals surface area contributed by atoms with Crippen LogP contribution in [0.1, 0.15) is 56.3 Å². The van der Waals surface area contributed by atoms with Gasteiger partial charge in [0.05, 0.1) is 29.1 Å². The molecule has 2 aromatic rings. The number of carbonyl (C=O) groups excluding carboxylic acids is 2. The van der Waals surface area contributed by atoms with Crippen LogP contribution in [0.15, 0.2) is 47.7 Å². The molecule has 1 saturated carbocycles. The summed E-state index contributed by atoms with van der Waals surface area (Å²) in [5.74, 6) is -1.44. The van der Waals surface area contributed by atoms with Crippen molar-refractivity contribution in [3.63, 3.8) is 0 Å². The minimum atomic E-state index is -4.58. The quantitative estimate of drug-likeness (QED) is 0.577. The number of nitrogens with one attached hydrogen (secondary N) is 1. The Balaban J connectivity index is 1.40. The molecule has 1 fully saturated rings. The average Bonchev–Trinajstić information content (AvgIpc) is 3.60. The Morgan fingerprint density at radius 1 is 1.26 bits per heavy atom. The zero-order valence-corrected chi connectivity index (χ0v) is 21.5. The molecule has 2 aliphatic heterocycles. The summed E-state index contributed by atoms with van der Waals surface area (Å²) < 4.78 is 45.7. The number of fused-ring (bicyclic) bond motifs is 1. The molecule has 38 heavy (non-hydrogen) atoms. The Morgan fingerprint density at radius 3 is 2.68 bits per heavy atom. The number of halogens is 4. The number of nitrogens with two attached hydrogens (primary N) is 1. The summed E-state index contributed by atoms with van der Waals surface area (Å²) in [4.78, 5) is 36.6. The van der Waals surface area contributed by atoms with Crippen LogP contribution in [0.3, 0.4) is 0 Å². The molecule has 12 heteroatoms. The predicted molar refractivity (Wildman–Crippen MR) is 133 cm³/mol.